The number of nitrogens with zero attached hydrogens (tertiary/aromatic N) is 1. The van der Waals surface area contributed by atoms with E-state index in [0.717, 1.165) is 11.8 Å². The molecule has 0 spiro atoms. The van der Waals surface area contributed by atoms with Gasteiger partial charge in [0.1, 0.15) is 5.75 Å². The van der Waals surface area contributed by atoms with E-state index in [-0.39, 0.29) is 16.7 Å². The molecule has 0 saturated carbocycles. The summed E-state index contributed by atoms with van der Waals surface area (Å²) in [7, 11) is 1.57. The Labute approximate surface area is 177 Å². The van der Waals surface area contributed by atoms with Crippen molar-refractivity contribution >= 4 is 29.1 Å². The number of anilines is 1. The summed E-state index contributed by atoms with van der Waals surface area (Å²) in [5, 5.41) is 5.12. The van der Waals surface area contributed by atoms with Gasteiger partial charge in [0.05, 0.1) is 12.4 Å². The summed E-state index contributed by atoms with van der Waals surface area (Å²) >= 11 is 1.12. The molecule has 1 unspecified atom stereocenters. The van der Waals surface area contributed by atoms with Gasteiger partial charge in [0.15, 0.2) is 5.78 Å². The van der Waals surface area contributed by atoms with Crippen LogP contribution in [-0.4, -0.2) is 29.3 Å². The maximum absolute atomic E-state index is 12.8. The van der Waals surface area contributed by atoms with Gasteiger partial charge in [-0.2, -0.15) is 0 Å². The van der Waals surface area contributed by atoms with Crippen molar-refractivity contribution in [3.05, 3.63) is 64.5 Å². The van der Waals surface area contributed by atoms with Crippen LogP contribution in [0.15, 0.2) is 62.9 Å². The van der Waals surface area contributed by atoms with Crippen molar-refractivity contribution in [3.8, 4) is 11.4 Å². The number of rotatable bonds is 8. The highest BCUT2D eigenvalue weighted by atomic mass is 32.2. The van der Waals surface area contributed by atoms with Gasteiger partial charge in [0.2, 0.25) is 11.6 Å². The molecule has 0 aliphatic carbocycles. The third kappa shape index (κ3) is 4.80. The van der Waals surface area contributed by atoms with Gasteiger partial charge in [-0.3, -0.25) is 14.1 Å². The molecule has 1 aromatic heterocycles. The van der Waals surface area contributed by atoms with Gasteiger partial charge in [0, 0.05) is 23.4 Å². The van der Waals surface area contributed by atoms with Gasteiger partial charge in [-0.1, -0.05) is 6.92 Å². The van der Waals surface area contributed by atoms with Gasteiger partial charge in [-0.05, 0) is 71.5 Å². The number of H-pyrrole nitrogens is 1. The highest BCUT2D eigenvalue weighted by molar-refractivity contribution is 8.00. The fourth-order valence-corrected chi connectivity index (χ4v) is 3.72. The van der Waals surface area contributed by atoms with Crippen molar-refractivity contribution in [1.29, 1.82) is 0 Å². The van der Waals surface area contributed by atoms with Crippen LogP contribution in [0, 0.1) is 0 Å². The summed E-state index contributed by atoms with van der Waals surface area (Å²) in [6.07, 6.45) is 0.495. The smallest absolute Gasteiger partial charge is 0.442 e. The molecule has 0 saturated heterocycles. The maximum Gasteiger partial charge on any atom is 0.442 e. The molecule has 0 bridgehead atoms. The number of thioether (sulfide) groups is 1. The van der Waals surface area contributed by atoms with E-state index in [1.54, 1.807) is 55.6 Å². The minimum absolute atomic E-state index is 0.0443. The van der Waals surface area contributed by atoms with Crippen LogP contribution < -0.4 is 20.4 Å². The van der Waals surface area contributed by atoms with E-state index in [9.17, 15) is 14.4 Å². The van der Waals surface area contributed by atoms with E-state index in [1.807, 2.05) is 6.92 Å². The van der Waals surface area contributed by atoms with Crippen LogP contribution in [0.25, 0.3) is 5.69 Å². The Kier molecular flexibility index (Phi) is 6.73. The molecule has 0 fully saturated rings. The summed E-state index contributed by atoms with van der Waals surface area (Å²) in [5.41, 5.74) is 1.25. The van der Waals surface area contributed by atoms with Crippen LogP contribution in [-0.2, 0) is 4.79 Å². The Hall–Kier alpha value is -3.33. The number of amides is 1. The van der Waals surface area contributed by atoms with Crippen LogP contribution in [0.4, 0.5) is 5.69 Å². The molecule has 9 heteroatoms. The second kappa shape index (κ2) is 9.45. The Morgan fingerprint density at radius 2 is 1.83 bits per heavy atom. The summed E-state index contributed by atoms with van der Waals surface area (Å²) in [6.45, 7) is 3.35. The zero-order valence-electron chi connectivity index (χ0n) is 16.8. The van der Waals surface area contributed by atoms with E-state index in [1.165, 1.54) is 11.6 Å². The lowest BCUT2D eigenvalue weighted by Gasteiger charge is -2.12. The predicted octanol–water partition coefficient (Wildman–Crippen LogP) is 2.97. The highest BCUT2D eigenvalue weighted by Crippen LogP contribution is 2.23. The van der Waals surface area contributed by atoms with Crippen molar-refractivity contribution in [2.24, 2.45) is 0 Å². The Morgan fingerprint density at radius 3 is 2.40 bits per heavy atom. The Bertz CT molecular complexity index is 1090. The predicted molar refractivity (Wildman–Crippen MR) is 112 cm³/mol. The first-order valence-electron chi connectivity index (χ1n) is 9.29. The average molecular weight is 428 g/mol. The van der Waals surface area contributed by atoms with Gasteiger partial charge in [-0.15, -0.1) is 0 Å². The number of ether oxygens (including phenoxy) is 1. The molecule has 3 aromatic rings. The molecule has 1 atom stereocenters. The number of aromatic nitrogens is 2. The summed E-state index contributed by atoms with van der Waals surface area (Å²) in [5.74, 6) is 0.387. The molecule has 0 aliphatic rings. The first kappa shape index (κ1) is 21.4. The Balaban J connectivity index is 1.78. The van der Waals surface area contributed by atoms with Crippen molar-refractivity contribution in [1.82, 2.24) is 5.27 Å². The molecule has 8 nitrogen and oxygen atoms in total. The zero-order valence-corrected chi connectivity index (χ0v) is 17.6. The summed E-state index contributed by atoms with van der Waals surface area (Å²) in [4.78, 5) is 36.4. The van der Waals surface area contributed by atoms with Gasteiger partial charge in [-0.25, -0.2) is 4.79 Å². The number of carbonyl (C=O) groups is 2. The van der Waals surface area contributed by atoms with Crippen molar-refractivity contribution in [2.45, 2.75) is 30.5 Å². The molecule has 156 valence electrons. The van der Waals surface area contributed by atoms with Crippen LogP contribution in [0.1, 0.15) is 30.6 Å². The number of methoxy groups -OCH3 is 1. The number of hydrogen-bond acceptors (Lipinski definition) is 6. The molecular weight excluding hydrogens is 406 g/mol. The van der Waals surface area contributed by atoms with E-state index in [0.29, 0.717) is 29.1 Å². The van der Waals surface area contributed by atoms with E-state index in [2.05, 4.69) is 10.6 Å². The molecular formula is C21H22N3O5S+. The zero-order chi connectivity index (χ0) is 21.7. The third-order valence-electron chi connectivity index (χ3n) is 4.41. The summed E-state index contributed by atoms with van der Waals surface area (Å²) < 4.78 is 11.6. The fourth-order valence-electron chi connectivity index (χ4n) is 2.73. The highest BCUT2D eigenvalue weighted by Gasteiger charge is 2.30. The number of nitrogens with one attached hydrogen (secondary N) is 2. The minimum Gasteiger partial charge on any atom is -0.497 e. The second-order valence-electron chi connectivity index (χ2n) is 6.46. The lowest BCUT2D eigenvalue weighted by atomic mass is 10.1. The maximum atomic E-state index is 12.8. The second-order valence-corrected chi connectivity index (χ2v) is 7.65. The van der Waals surface area contributed by atoms with Gasteiger partial charge >= 0.3 is 10.7 Å². The number of carbonyl (C=O) groups excluding carboxylic acids is 2. The largest absolute Gasteiger partial charge is 0.497 e. The first-order valence-corrected chi connectivity index (χ1v) is 10.2. The molecule has 1 heterocycles. The van der Waals surface area contributed by atoms with Crippen molar-refractivity contribution in [3.63, 3.8) is 0 Å². The first-order chi connectivity index (χ1) is 14.4. The quantitative estimate of drug-likeness (QED) is 0.325. The van der Waals surface area contributed by atoms with Crippen LogP contribution in [0.3, 0.4) is 0 Å². The third-order valence-corrected chi connectivity index (χ3v) is 5.82. The lowest BCUT2D eigenvalue weighted by molar-refractivity contribution is -0.704. The van der Waals surface area contributed by atoms with E-state index in [4.69, 9.17) is 9.26 Å². The molecule has 1 amide bonds. The van der Waals surface area contributed by atoms with Crippen LogP contribution in [0.2, 0.25) is 0 Å². The molecule has 0 aliphatic heterocycles. The lowest BCUT2D eigenvalue weighted by Crippen LogP contribution is -2.37. The number of hydrogen-bond donors (Lipinski definition) is 2. The number of ketones is 1. The topological polar surface area (TPSA) is 105 Å². The minimum atomic E-state index is -0.562. The van der Waals surface area contributed by atoms with E-state index < -0.39 is 10.9 Å². The monoisotopic (exact) mass is 428 g/mol. The van der Waals surface area contributed by atoms with Crippen LogP contribution >= 0.6 is 11.8 Å². The van der Waals surface area contributed by atoms with Crippen molar-refractivity contribution in [2.75, 3.05) is 12.4 Å². The Morgan fingerprint density at radius 1 is 1.17 bits per heavy atom. The van der Waals surface area contributed by atoms with E-state index >= 15 is 0 Å². The molecule has 3 rings (SSSR count). The molecule has 30 heavy (non-hydrogen) atoms. The average Bonchev–Trinajstić information content (AvgIpc) is 3.12. The van der Waals surface area contributed by atoms with Gasteiger partial charge in [0.25, 0.3) is 0 Å². The van der Waals surface area contributed by atoms with Crippen molar-refractivity contribution < 1.29 is 23.5 Å². The number of aromatic amines is 1. The number of benzene rings is 2. The van der Waals surface area contributed by atoms with Gasteiger partial charge < -0.3 is 10.1 Å². The fraction of sp³-hybridized carbons (Fsp3) is 0.238. The molecule has 0 radical (unpaired) electrons. The molecule has 2 N–H and O–H groups in total. The SMILES string of the molecule is CCC(Sc1c(=O)o[nH][n+]1-c1ccc(OC)cc1)C(=O)Nc1ccc(C(C)=O)cc1. The molecule has 2 aromatic carbocycles. The van der Waals surface area contributed by atoms with Crippen LogP contribution in [0.5, 0.6) is 5.75 Å². The standard InChI is InChI=1S/C21H21N3O5S/c1-4-18(19(26)22-15-7-5-14(6-8-15)13(2)25)30-20-21(27)29-23-24(20)16-9-11-17(28-3)12-10-16/h5-12,18H,4H2,1-3H3,(H-,22,23,25,26,27)/p+1. The normalized spacial score (nSPS) is 11.7. The summed E-state index contributed by atoms with van der Waals surface area (Å²) in [6, 6.07) is 13.7. The number of Topliss-reactive ketones (excluding diaryl/α,β-unsaturated/α-hetero) is 1.